The van der Waals surface area contributed by atoms with Crippen molar-refractivity contribution in [2.24, 2.45) is 10.9 Å². The number of nitrogens with one attached hydrogen (secondary N) is 2. The van der Waals surface area contributed by atoms with Crippen LogP contribution in [0.1, 0.15) is 11.1 Å². The van der Waals surface area contributed by atoms with Gasteiger partial charge in [0.05, 0.1) is 32.0 Å². The van der Waals surface area contributed by atoms with Crippen LogP contribution in [0.25, 0.3) is 0 Å². The summed E-state index contributed by atoms with van der Waals surface area (Å²) >= 11 is 0. The molecule has 0 spiro atoms. The number of nitrogens with zero attached hydrogens (tertiary/aromatic N) is 2. The Hall–Kier alpha value is -2.58. The minimum absolute atomic E-state index is 0.448. The Kier molecular flexibility index (Phi) is 5.98. The van der Waals surface area contributed by atoms with Gasteiger partial charge in [-0.3, -0.25) is 19.9 Å². The normalized spacial score (nSPS) is 21.8. The number of amides is 4. The largest absolute Gasteiger partial charge is 0.370 e. The zero-order valence-corrected chi connectivity index (χ0v) is 15.7. The lowest BCUT2D eigenvalue weighted by atomic mass is 10.0. The molecule has 3 rings (SSSR count). The molecule has 0 saturated carbocycles. The molecule has 2 saturated heterocycles. The van der Waals surface area contributed by atoms with Crippen LogP contribution in [0.2, 0.25) is 0 Å². The van der Waals surface area contributed by atoms with E-state index in [-0.39, 0.29) is 0 Å². The Morgan fingerprint density at radius 3 is 2.67 bits per heavy atom. The molecular weight excluding hydrogens is 348 g/mol. The molecule has 27 heavy (non-hydrogen) atoms. The molecule has 1 aromatic rings. The number of hydrogen-bond acceptors (Lipinski definition) is 5. The number of morpholine rings is 1. The lowest BCUT2D eigenvalue weighted by Gasteiger charge is -2.29. The number of carbonyl (C=O) groups excluding carboxylic acids is 3. The first-order valence-electron chi connectivity index (χ1n) is 9.14. The molecule has 2 heterocycles. The van der Waals surface area contributed by atoms with Gasteiger partial charge < -0.3 is 9.64 Å². The van der Waals surface area contributed by atoms with Gasteiger partial charge in [0.1, 0.15) is 13.1 Å². The fourth-order valence-corrected chi connectivity index (χ4v) is 3.14. The summed E-state index contributed by atoms with van der Waals surface area (Å²) in [6.45, 7) is 8.56. The highest BCUT2D eigenvalue weighted by atomic mass is 16.5. The first-order valence-corrected chi connectivity index (χ1v) is 9.14. The van der Waals surface area contributed by atoms with E-state index in [1.165, 1.54) is 11.1 Å². The molecule has 8 heteroatoms. The highest BCUT2D eigenvalue weighted by Crippen LogP contribution is 2.22. The molecule has 1 aromatic carbocycles. The first-order chi connectivity index (χ1) is 13.0. The van der Waals surface area contributed by atoms with Crippen molar-refractivity contribution in [1.82, 2.24) is 5.32 Å². The minimum Gasteiger partial charge on any atom is -0.370 e. The molecule has 0 aromatic heterocycles. The number of aryl methyl sites for hydroxylation is 2. The van der Waals surface area contributed by atoms with Gasteiger partial charge in [-0.15, -0.1) is 0 Å². The van der Waals surface area contributed by atoms with Crippen molar-refractivity contribution in [2.45, 2.75) is 13.8 Å². The number of barbiturate groups is 1. The van der Waals surface area contributed by atoms with Crippen LogP contribution in [-0.2, 0) is 14.3 Å². The molecular formula is C19H25N4O4+. The maximum atomic E-state index is 12.8. The van der Waals surface area contributed by atoms with E-state index in [1.54, 1.807) is 12.1 Å². The number of imide groups is 2. The van der Waals surface area contributed by atoms with E-state index in [0.29, 0.717) is 12.2 Å². The topological polar surface area (TPSA) is 92.5 Å². The van der Waals surface area contributed by atoms with E-state index in [2.05, 4.69) is 10.3 Å². The molecule has 0 aliphatic carbocycles. The smallest absolute Gasteiger partial charge is 0.335 e. The SMILES string of the molecule is Cc1ccc(N2C(=O)NC(=O)[C@@H](C=NCC[NH+]3CCOCC3)C2=O)cc1C. The van der Waals surface area contributed by atoms with Gasteiger partial charge in [-0.1, -0.05) is 6.07 Å². The fourth-order valence-electron chi connectivity index (χ4n) is 3.14. The van der Waals surface area contributed by atoms with Gasteiger partial charge in [-0.2, -0.15) is 0 Å². The van der Waals surface area contributed by atoms with Gasteiger partial charge in [-0.05, 0) is 37.1 Å². The summed E-state index contributed by atoms with van der Waals surface area (Å²) < 4.78 is 5.31. The van der Waals surface area contributed by atoms with Crippen molar-refractivity contribution in [3.05, 3.63) is 29.3 Å². The average molecular weight is 373 g/mol. The van der Waals surface area contributed by atoms with Crippen LogP contribution in [-0.4, -0.2) is 63.5 Å². The Bertz CT molecular complexity index is 771. The number of anilines is 1. The molecule has 1 atom stereocenters. The second kappa shape index (κ2) is 8.41. The predicted molar refractivity (Wildman–Crippen MR) is 100 cm³/mol. The second-order valence-electron chi connectivity index (χ2n) is 6.88. The molecule has 0 unspecified atom stereocenters. The van der Waals surface area contributed by atoms with E-state index < -0.39 is 23.8 Å². The lowest BCUT2D eigenvalue weighted by molar-refractivity contribution is -0.906. The van der Waals surface area contributed by atoms with E-state index >= 15 is 0 Å². The molecule has 0 bridgehead atoms. The second-order valence-corrected chi connectivity index (χ2v) is 6.88. The first kappa shape index (κ1) is 19.2. The summed E-state index contributed by atoms with van der Waals surface area (Å²) in [6.07, 6.45) is 1.36. The fraction of sp³-hybridized carbons (Fsp3) is 0.474. The lowest BCUT2D eigenvalue weighted by Crippen LogP contribution is -3.14. The van der Waals surface area contributed by atoms with Gasteiger partial charge in [-0.25, -0.2) is 9.69 Å². The summed E-state index contributed by atoms with van der Waals surface area (Å²) in [5, 5.41) is 2.25. The number of rotatable bonds is 5. The third kappa shape index (κ3) is 4.40. The molecule has 8 nitrogen and oxygen atoms in total. The summed E-state index contributed by atoms with van der Waals surface area (Å²) in [5.74, 6) is -2.30. The standard InChI is InChI=1S/C19H24N4O4/c1-13-3-4-15(11-14(13)2)23-18(25)16(17(24)21-19(23)26)12-20-5-6-22-7-9-27-10-8-22/h3-4,11-12,16H,5-10H2,1-2H3,(H,21,24,26)/p+1/t16-/m1/s1. The highest BCUT2D eigenvalue weighted by molar-refractivity contribution is 6.32. The van der Waals surface area contributed by atoms with E-state index in [4.69, 9.17) is 4.74 Å². The number of quaternary nitrogens is 1. The van der Waals surface area contributed by atoms with Crippen molar-refractivity contribution in [1.29, 1.82) is 0 Å². The van der Waals surface area contributed by atoms with Crippen molar-refractivity contribution in [3.8, 4) is 0 Å². The summed E-state index contributed by atoms with van der Waals surface area (Å²) in [7, 11) is 0. The van der Waals surface area contributed by atoms with Crippen LogP contribution in [0.3, 0.4) is 0 Å². The van der Waals surface area contributed by atoms with Crippen molar-refractivity contribution < 1.29 is 24.0 Å². The molecule has 2 N–H and O–H groups in total. The Morgan fingerprint density at radius 2 is 1.96 bits per heavy atom. The summed E-state index contributed by atoms with van der Waals surface area (Å²) in [5.41, 5.74) is 2.47. The third-order valence-corrected chi connectivity index (χ3v) is 5.00. The summed E-state index contributed by atoms with van der Waals surface area (Å²) in [4.78, 5) is 43.8. The van der Waals surface area contributed by atoms with E-state index in [1.807, 2.05) is 19.9 Å². The Morgan fingerprint density at radius 1 is 1.22 bits per heavy atom. The number of benzene rings is 1. The average Bonchev–Trinajstić information content (AvgIpc) is 2.64. The maximum absolute atomic E-state index is 12.8. The molecule has 4 amide bonds. The van der Waals surface area contributed by atoms with Gasteiger partial charge in [0, 0.05) is 6.21 Å². The molecule has 2 aliphatic rings. The highest BCUT2D eigenvalue weighted by Gasteiger charge is 2.40. The zero-order chi connectivity index (χ0) is 19.4. The number of urea groups is 1. The van der Waals surface area contributed by atoms with Crippen LogP contribution in [0, 0.1) is 19.8 Å². The number of hydrogen-bond donors (Lipinski definition) is 2. The van der Waals surface area contributed by atoms with E-state index in [0.717, 1.165) is 48.9 Å². The van der Waals surface area contributed by atoms with E-state index in [9.17, 15) is 14.4 Å². The Balaban J connectivity index is 1.68. The monoisotopic (exact) mass is 373 g/mol. The minimum atomic E-state index is -1.09. The van der Waals surface area contributed by atoms with Crippen LogP contribution in [0.4, 0.5) is 10.5 Å². The van der Waals surface area contributed by atoms with Crippen molar-refractivity contribution in [2.75, 3.05) is 44.3 Å². The van der Waals surface area contributed by atoms with Crippen LogP contribution in [0.5, 0.6) is 0 Å². The quantitative estimate of drug-likeness (QED) is 0.537. The summed E-state index contributed by atoms with van der Waals surface area (Å²) in [6, 6.07) is 4.58. The predicted octanol–water partition coefficient (Wildman–Crippen LogP) is -0.512. The number of carbonyl (C=O) groups is 3. The van der Waals surface area contributed by atoms with Crippen LogP contribution >= 0.6 is 0 Å². The Labute approximate surface area is 158 Å². The molecule has 2 aliphatic heterocycles. The van der Waals surface area contributed by atoms with Gasteiger partial charge >= 0.3 is 6.03 Å². The third-order valence-electron chi connectivity index (χ3n) is 5.00. The maximum Gasteiger partial charge on any atom is 0.335 e. The van der Waals surface area contributed by atoms with Crippen LogP contribution < -0.4 is 15.1 Å². The number of ether oxygens (including phenoxy) is 1. The van der Waals surface area contributed by atoms with Gasteiger partial charge in [0.2, 0.25) is 5.91 Å². The van der Waals surface area contributed by atoms with Gasteiger partial charge in [0.15, 0.2) is 5.92 Å². The van der Waals surface area contributed by atoms with Gasteiger partial charge in [0.25, 0.3) is 5.91 Å². The van der Waals surface area contributed by atoms with Crippen molar-refractivity contribution in [3.63, 3.8) is 0 Å². The zero-order valence-electron chi connectivity index (χ0n) is 15.7. The van der Waals surface area contributed by atoms with Crippen molar-refractivity contribution >= 4 is 29.7 Å². The molecule has 2 fully saturated rings. The number of aliphatic imine (C=N–C) groups is 1. The molecule has 144 valence electrons. The molecule has 0 radical (unpaired) electrons. The van der Waals surface area contributed by atoms with Crippen LogP contribution in [0.15, 0.2) is 23.2 Å².